The van der Waals surface area contributed by atoms with E-state index in [0.29, 0.717) is 29.3 Å². The van der Waals surface area contributed by atoms with Crippen molar-refractivity contribution in [3.8, 4) is 0 Å². The standard InChI is InChI=1S/C14H15BrFNO3/c1-8(2)7-20-4-3-17-12-10(13(18)14(17)19)5-9(16)6-11(12)15/h5-6,8H,3-4,7H2,1-2H3. The molecule has 1 heterocycles. The number of ketones is 1. The lowest BCUT2D eigenvalue weighted by atomic mass is 10.1. The molecule has 0 unspecified atom stereocenters. The third-order valence-corrected chi connectivity index (χ3v) is 3.50. The quantitative estimate of drug-likeness (QED) is 0.610. The van der Waals surface area contributed by atoms with Gasteiger partial charge in [0.25, 0.3) is 11.7 Å². The van der Waals surface area contributed by atoms with E-state index in [1.165, 1.54) is 11.0 Å². The molecule has 0 fully saturated rings. The van der Waals surface area contributed by atoms with E-state index in [0.717, 1.165) is 6.07 Å². The highest BCUT2D eigenvalue weighted by Crippen LogP contribution is 2.36. The highest BCUT2D eigenvalue weighted by molar-refractivity contribution is 9.10. The second-order valence-electron chi connectivity index (χ2n) is 5.04. The fourth-order valence-electron chi connectivity index (χ4n) is 2.04. The van der Waals surface area contributed by atoms with E-state index in [-0.39, 0.29) is 12.1 Å². The molecular formula is C14H15BrFNO3. The Kier molecular flexibility index (Phi) is 4.55. The Morgan fingerprint density at radius 2 is 2.05 bits per heavy atom. The first-order valence-electron chi connectivity index (χ1n) is 6.34. The van der Waals surface area contributed by atoms with Crippen molar-refractivity contribution in [2.75, 3.05) is 24.7 Å². The number of carbonyl (C=O) groups excluding carboxylic acids is 2. The molecule has 1 aromatic rings. The Balaban J connectivity index is 2.16. The second-order valence-corrected chi connectivity index (χ2v) is 5.89. The van der Waals surface area contributed by atoms with Crippen molar-refractivity contribution in [2.24, 2.45) is 5.92 Å². The minimum Gasteiger partial charge on any atom is -0.379 e. The summed E-state index contributed by atoms with van der Waals surface area (Å²) in [7, 11) is 0. The number of ether oxygens (including phenoxy) is 1. The first-order chi connectivity index (χ1) is 9.41. The number of hydrogen-bond donors (Lipinski definition) is 0. The maximum atomic E-state index is 13.3. The molecule has 2 rings (SSSR count). The van der Waals surface area contributed by atoms with Crippen LogP contribution in [0.15, 0.2) is 16.6 Å². The van der Waals surface area contributed by atoms with Crippen molar-refractivity contribution in [3.63, 3.8) is 0 Å². The monoisotopic (exact) mass is 343 g/mol. The molecular weight excluding hydrogens is 329 g/mol. The van der Waals surface area contributed by atoms with Crippen LogP contribution in [0.4, 0.5) is 10.1 Å². The number of Topliss-reactive ketones (excluding diaryl/α,β-unsaturated/α-hetero) is 1. The first kappa shape index (κ1) is 15.1. The van der Waals surface area contributed by atoms with Crippen LogP contribution in [-0.2, 0) is 9.53 Å². The van der Waals surface area contributed by atoms with Gasteiger partial charge in [0, 0.05) is 17.6 Å². The lowest BCUT2D eigenvalue weighted by Gasteiger charge is -2.18. The molecule has 0 bridgehead atoms. The molecule has 20 heavy (non-hydrogen) atoms. The van der Waals surface area contributed by atoms with Gasteiger partial charge in [0.05, 0.1) is 17.9 Å². The Hall–Kier alpha value is -1.27. The fraction of sp³-hybridized carbons (Fsp3) is 0.429. The summed E-state index contributed by atoms with van der Waals surface area (Å²) in [6, 6.07) is 2.34. The zero-order valence-electron chi connectivity index (χ0n) is 11.3. The molecule has 1 amide bonds. The van der Waals surface area contributed by atoms with Crippen LogP contribution >= 0.6 is 15.9 Å². The lowest BCUT2D eigenvalue weighted by Crippen LogP contribution is -2.33. The van der Waals surface area contributed by atoms with Crippen molar-refractivity contribution < 1.29 is 18.7 Å². The molecule has 0 atom stereocenters. The zero-order valence-corrected chi connectivity index (χ0v) is 12.9. The zero-order chi connectivity index (χ0) is 14.9. The Labute approximate surface area is 125 Å². The van der Waals surface area contributed by atoms with Crippen LogP contribution < -0.4 is 4.90 Å². The third kappa shape index (κ3) is 2.91. The van der Waals surface area contributed by atoms with Crippen LogP contribution in [0.25, 0.3) is 0 Å². The Morgan fingerprint density at radius 3 is 2.70 bits per heavy atom. The maximum Gasteiger partial charge on any atom is 0.299 e. The predicted octanol–water partition coefficient (Wildman–Crippen LogP) is 2.79. The van der Waals surface area contributed by atoms with Gasteiger partial charge in [0.1, 0.15) is 5.82 Å². The molecule has 0 spiro atoms. The van der Waals surface area contributed by atoms with Gasteiger partial charge in [0.2, 0.25) is 0 Å². The minimum atomic E-state index is -0.677. The number of amides is 1. The molecule has 1 aliphatic heterocycles. The summed E-state index contributed by atoms with van der Waals surface area (Å²) in [6.07, 6.45) is 0. The van der Waals surface area contributed by atoms with E-state index in [4.69, 9.17) is 4.74 Å². The van der Waals surface area contributed by atoms with Crippen LogP contribution in [0.2, 0.25) is 0 Å². The maximum absolute atomic E-state index is 13.3. The normalized spacial score (nSPS) is 14.3. The van der Waals surface area contributed by atoms with Crippen LogP contribution in [0, 0.1) is 11.7 Å². The number of carbonyl (C=O) groups is 2. The summed E-state index contributed by atoms with van der Waals surface area (Å²) in [5, 5.41) is 0. The summed E-state index contributed by atoms with van der Waals surface area (Å²) in [4.78, 5) is 25.1. The Morgan fingerprint density at radius 1 is 1.35 bits per heavy atom. The van der Waals surface area contributed by atoms with Gasteiger partial charge in [-0.15, -0.1) is 0 Å². The van der Waals surface area contributed by atoms with Gasteiger partial charge >= 0.3 is 0 Å². The topological polar surface area (TPSA) is 46.6 Å². The van der Waals surface area contributed by atoms with Crippen LogP contribution in [0.1, 0.15) is 24.2 Å². The average molecular weight is 344 g/mol. The molecule has 0 aliphatic carbocycles. The van der Waals surface area contributed by atoms with Gasteiger partial charge in [0.15, 0.2) is 0 Å². The van der Waals surface area contributed by atoms with Crippen molar-refractivity contribution in [1.29, 1.82) is 0 Å². The van der Waals surface area contributed by atoms with Crippen LogP contribution in [0.3, 0.4) is 0 Å². The SMILES string of the molecule is CC(C)COCCN1C(=O)C(=O)c2cc(F)cc(Br)c21. The highest BCUT2D eigenvalue weighted by Gasteiger charge is 2.37. The van der Waals surface area contributed by atoms with Gasteiger partial charge in [-0.3, -0.25) is 9.59 Å². The number of hydrogen-bond acceptors (Lipinski definition) is 3. The summed E-state index contributed by atoms with van der Waals surface area (Å²) < 4.78 is 19.1. The number of anilines is 1. The van der Waals surface area contributed by atoms with Crippen molar-refractivity contribution in [3.05, 3.63) is 28.0 Å². The minimum absolute atomic E-state index is 0.103. The predicted molar refractivity (Wildman–Crippen MR) is 76.4 cm³/mol. The molecule has 0 aromatic heterocycles. The van der Waals surface area contributed by atoms with Gasteiger partial charge < -0.3 is 9.64 Å². The second kappa shape index (κ2) is 6.01. The average Bonchev–Trinajstić information content (AvgIpc) is 2.59. The summed E-state index contributed by atoms with van der Waals surface area (Å²) in [5.74, 6) is -1.46. The number of benzene rings is 1. The van der Waals surface area contributed by atoms with Crippen molar-refractivity contribution >= 4 is 33.3 Å². The summed E-state index contributed by atoms with van der Waals surface area (Å²) in [6.45, 7) is 5.25. The summed E-state index contributed by atoms with van der Waals surface area (Å²) >= 11 is 3.20. The molecule has 0 N–H and O–H groups in total. The van der Waals surface area contributed by atoms with E-state index in [9.17, 15) is 14.0 Å². The molecule has 0 saturated heterocycles. The Bertz CT molecular complexity index is 560. The first-order valence-corrected chi connectivity index (χ1v) is 7.14. The summed E-state index contributed by atoms with van der Waals surface area (Å²) in [5.41, 5.74) is 0.528. The van der Waals surface area contributed by atoms with E-state index in [2.05, 4.69) is 15.9 Å². The molecule has 108 valence electrons. The number of rotatable bonds is 5. The molecule has 1 aliphatic rings. The van der Waals surface area contributed by atoms with Crippen LogP contribution in [0.5, 0.6) is 0 Å². The number of halogens is 2. The molecule has 0 radical (unpaired) electrons. The largest absolute Gasteiger partial charge is 0.379 e. The molecule has 0 saturated carbocycles. The smallest absolute Gasteiger partial charge is 0.299 e. The van der Waals surface area contributed by atoms with Crippen molar-refractivity contribution in [1.82, 2.24) is 0 Å². The van der Waals surface area contributed by atoms with E-state index < -0.39 is 17.5 Å². The molecule has 6 heteroatoms. The number of fused-ring (bicyclic) bond motifs is 1. The van der Waals surface area contributed by atoms with E-state index >= 15 is 0 Å². The molecule has 4 nitrogen and oxygen atoms in total. The number of nitrogens with zero attached hydrogens (tertiary/aromatic N) is 1. The van der Waals surface area contributed by atoms with E-state index in [1.54, 1.807) is 0 Å². The lowest BCUT2D eigenvalue weighted by molar-refractivity contribution is -0.114. The van der Waals surface area contributed by atoms with Gasteiger partial charge in [-0.25, -0.2) is 4.39 Å². The van der Waals surface area contributed by atoms with Gasteiger partial charge in [-0.1, -0.05) is 13.8 Å². The molecule has 1 aromatic carbocycles. The van der Waals surface area contributed by atoms with E-state index in [1.807, 2.05) is 13.8 Å². The van der Waals surface area contributed by atoms with Gasteiger partial charge in [-0.05, 0) is 34.0 Å². The fourth-order valence-corrected chi connectivity index (χ4v) is 2.69. The highest BCUT2D eigenvalue weighted by atomic mass is 79.9. The van der Waals surface area contributed by atoms with Crippen molar-refractivity contribution in [2.45, 2.75) is 13.8 Å². The third-order valence-electron chi connectivity index (χ3n) is 2.89. The van der Waals surface area contributed by atoms with Crippen LogP contribution in [-0.4, -0.2) is 31.4 Å². The van der Waals surface area contributed by atoms with Gasteiger partial charge in [-0.2, -0.15) is 0 Å².